The molecule has 0 unspecified atom stereocenters. The first-order chi connectivity index (χ1) is 10.0. The lowest BCUT2D eigenvalue weighted by molar-refractivity contribution is -0.155. The first-order valence-corrected chi connectivity index (χ1v) is 7.28. The Balaban J connectivity index is 1.66. The van der Waals surface area contributed by atoms with Crippen LogP contribution in [0.1, 0.15) is 37.2 Å². The number of amides is 1. The van der Waals surface area contributed by atoms with Crippen LogP contribution in [0.15, 0.2) is 16.5 Å². The maximum Gasteiger partial charge on any atom is 0.332 e. The minimum atomic E-state index is -0.995. The first-order valence-electron chi connectivity index (χ1n) is 7.28. The van der Waals surface area contributed by atoms with Crippen molar-refractivity contribution in [2.24, 2.45) is 0 Å². The Kier molecular flexibility index (Phi) is 3.71. The predicted octanol–water partition coefficient (Wildman–Crippen LogP) is 1.71. The number of furan rings is 1. The van der Waals surface area contributed by atoms with Crippen LogP contribution in [0.25, 0.3) is 0 Å². The highest BCUT2D eigenvalue weighted by Gasteiger charge is 2.41. The van der Waals surface area contributed by atoms with Crippen molar-refractivity contribution >= 4 is 11.9 Å². The van der Waals surface area contributed by atoms with Crippen LogP contribution in [0.4, 0.5) is 0 Å². The average Bonchev–Trinajstić information content (AvgIpc) is 3.00. The van der Waals surface area contributed by atoms with Crippen molar-refractivity contribution in [3.63, 3.8) is 0 Å². The van der Waals surface area contributed by atoms with Gasteiger partial charge in [-0.1, -0.05) is 0 Å². The fourth-order valence-corrected chi connectivity index (χ4v) is 2.70. The topological polar surface area (TPSA) is 80.0 Å². The molecular formula is C15H19NO5. The van der Waals surface area contributed by atoms with Crippen molar-refractivity contribution in [3.05, 3.63) is 23.7 Å². The lowest BCUT2D eigenvalue weighted by atomic mass is 10.1. The summed E-state index contributed by atoms with van der Waals surface area (Å²) in [4.78, 5) is 25.3. The summed E-state index contributed by atoms with van der Waals surface area (Å²) in [5, 5.41) is 8.95. The highest BCUT2D eigenvalue weighted by Crippen LogP contribution is 2.31. The number of hydrogen-bond donors (Lipinski definition) is 1. The van der Waals surface area contributed by atoms with Gasteiger partial charge in [0.25, 0.3) is 5.91 Å². The van der Waals surface area contributed by atoms with E-state index in [2.05, 4.69) is 0 Å². The summed E-state index contributed by atoms with van der Waals surface area (Å²) in [7, 11) is 0. The third-order valence-corrected chi connectivity index (χ3v) is 3.96. The molecule has 6 nitrogen and oxygen atoms in total. The molecule has 1 saturated carbocycles. The Morgan fingerprint density at radius 3 is 2.48 bits per heavy atom. The molecule has 3 rings (SSSR count). The normalized spacial score (nSPS) is 25.0. The Hall–Kier alpha value is -1.82. The van der Waals surface area contributed by atoms with Crippen molar-refractivity contribution in [2.45, 2.75) is 57.4 Å². The second-order valence-electron chi connectivity index (χ2n) is 5.74. The minimum absolute atomic E-state index is 0.115. The van der Waals surface area contributed by atoms with Crippen LogP contribution in [-0.4, -0.2) is 40.1 Å². The van der Waals surface area contributed by atoms with E-state index in [-0.39, 0.29) is 11.9 Å². The van der Waals surface area contributed by atoms with E-state index in [1.54, 1.807) is 4.90 Å². The molecule has 1 saturated heterocycles. The molecule has 114 valence electrons. The van der Waals surface area contributed by atoms with E-state index in [0.29, 0.717) is 19.4 Å². The summed E-state index contributed by atoms with van der Waals surface area (Å²) in [6, 6.07) is 3.97. The molecule has 1 aromatic heterocycles. The molecule has 1 aliphatic heterocycles. The van der Waals surface area contributed by atoms with Gasteiger partial charge in [-0.3, -0.25) is 4.79 Å². The number of hydrogen-bond acceptors (Lipinski definition) is 4. The predicted molar refractivity (Wildman–Crippen MR) is 72.5 cm³/mol. The fourth-order valence-electron chi connectivity index (χ4n) is 2.70. The molecule has 0 radical (unpaired) electrons. The summed E-state index contributed by atoms with van der Waals surface area (Å²) < 4.78 is 10.9. The van der Waals surface area contributed by atoms with E-state index in [1.165, 1.54) is 0 Å². The van der Waals surface area contributed by atoms with Crippen molar-refractivity contribution in [3.8, 4) is 0 Å². The van der Waals surface area contributed by atoms with Gasteiger partial charge in [-0.15, -0.1) is 0 Å². The number of carboxylic acid groups (broad SMARTS) is 1. The number of rotatable bonds is 5. The zero-order chi connectivity index (χ0) is 15.0. The summed E-state index contributed by atoms with van der Waals surface area (Å²) in [6.45, 7) is 2.29. The zero-order valence-corrected chi connectivity index (χ0v) is 11.9. The standard InChI is InChI=1S/C15H19NO5/c1-9-2-5-11(20-9)8-16(10-3-4-10)14(17)12-6-7-13(21-12)15(18)19/h2,5,10,12-13H,3-4,6-8H2,1H3,(H,18,19)/t12-,13+/m0/s1. The SMILES string of the molecule is Cc1ccc(CN(C(=O)[C@@H]2CC[C@H](C(=O)O)O2)C2CC2)o1. The summed E-state index contributed by atoms with van der Waals surface area (Å²) >= 11 is 0. The average molecular weight is 293 g/mol. The summed E-state index contributed by atoms with van der Waals surface area (Å²) in [5.74, 6) is 0.456. The lowest BCUT2D eigenvalue weighted by Crippen LogP contribution is -2.40. The highest BCUT2D eigenvalue weighted by molar-refractivity contribution is 5.83. The van der Waals surface area contributed by atoms with Crippen molar-refractivity contribution in [1.82, 2.24) is 4.90 Å². The molecule has 1 aromatic rings. The molecule has 2 fully saturated rings. The molecule has 2 heterocycles. The van der Waals surface area contributed by atoms with Gasteiger partial charge in [0.1, 0.15) is 17.6 Å². The third-order valence-electron chi connectivity index (χ3n) is 3.96. The molecule has 2 atom stereocenters. The number of aryl methyl sites for hydroxylation is 1. The number of carbonyl (C=O) groups is 2. The van der Waals surface area contributed by atoms with Crippen LogP contribution in [0, 0.1) is 6.92 Å². The largest absolute Gasteiger partial charge is 0.479 e. The van der Waals surface area contributed by atoms with Gasteiger partial charge in [0.2, 0.25) is 0 Å². The summed E-state index contributed by atoms with van der Waals surface area (Å²) in [5.41, 5.74) is 0. The lowest BCUT2D eigenvalue weighted by Gasteiger charge is -2.24. The van der Waals surface area contributed by atoms with Crippen LogP contribution in [-0.2, 0) is 20.9 Å². The Bertz CT molecular complexity index is 548. The molecule has 6 heteroatoms. The van der Waals surface area contributed by atoms with Gasteiger partial charge in [-0.05, 0) is 44.7 Å². The second kappa shape index (κ2) is 5.52. The monoisotopic (exact) mass is 293 g/mol. The van der Waals surface area contributed by atoms with Gasteiger partial charge in [-0.25, -0.2) is 4.79 Å². The van der Waals surface area contributed by atoms with E-state index < -0.39 is 18.2 Å². The van der Waals surface area contributed by atoms with Gasteiger partial charge in [0, 0.05) is 6.04 Å². The van der Waals surface area contributed by atoms with Crippen molar-refractivity contribution in [1.29, 1.82) is 0 Å². The van der Waals surface area contributed by atoms with Crippen LogP contribution in [0.2, 0.25) is 0 Å². The van der Waals surface area contributed by atoms with Crippen LogP contribution in [0.5, 0.6) is 0 Å². The maximum absolute atomic E-state index is 12.6. The summed E-state index contributed by atoms with van der Waals surface area (Å²) in [6.07, 6.45) is 1.34. The molecule has 1 amide bonds. The van der Waals surface area contributed by atoms with Crippen molar-refractivity contribution in [2.75, 3.05) is 0 Å². The molecule has 1 aliphatic carbocycles. The number of carboxylic acids is 1. The Morgan fingerprint density at radius 1 is 1.24 bits per heavy atom. The molecular weight excluding hydrogens is 274 g/mol. The van der Waals surface area contributed by atoms with Crippen LogP contribution >= 0.6 is 0 Å². The molecule has 0 bridgehead atoms. The maximum atomic E-state index is 12.6. The zero-order valence-electron chi connectivity index (χ0n) is 11.9. The molecule has 0 aromatic carbocycles. The number of aliphatic carboxylic acids is 1. The van der Waals surface area contributed by atoms with Gasteiger partial charge >= 0.3 is 5.97 Å². The van der Waals surface area contributed by atoms with Gasteiger partial charge < -0.3 is 19.2 Å². The van der Waals surface area contributed by atoms with Crippen molar-refractivity contribution < 1.29 is 23.8 Å². The second-order valence-corrected chi connectivity index (χ2v) is 5.74. The minimum Gasteiger partial charge on any atom is -0.479 e. The smallest absolute Gasteiger partial charge is 0.332 e. The fraction of sp³-hybridized carbons (Fsp3) is 0.600. The molecule has 1 N–H and O–H groups in total. The number of ether oxygens (including phenoxy) is 1. The molecule has 0 spiro atoms. The number of carbonyl (C=O) groups excluding carboxylic acids is 1. The van der Waals surface area contributed by atoms with E-state index in [4.69, 9.17) is 14.3 Å². The Labute approximate surface area is 122 Å². The van der Waals surface area contributed by atoms with Gasteiger partial charge in [0.05, 0.1) is 6.54 Å². The van der Waals surface area contributed by atoms with Crippen LogP contribution < -0.4 is 0 Å². The molecule has 21 heavy (non-hydrogen) atoms. The van der Waals surface area contributed by atoms with E-state index in [9.17, 15) is 9.59 Å². The van der Waals surface area contributed by atoms with Gasteiger partial charge in [-0.2, -0.15) is 0 Å². The number of nitrogens with zero attached hydrogens (tertiary/aromatic N) is 1. The molecule has 2 aliphatic rings. The Morgan fingerprint density at radius 2 is 1.95 bits per heavy atom. The van der Waals surface area contributed by atoms with Gasteiger partial charge in [0.15, 0.2) is 6.10 Å². The highest BCUT2D eigenvalue weighted by atomic mass is 16.5. The third kappa shape index (κ3) is 3.10. The van der Waals surface area contributed by atoms with E-state index in [0.717, 1.165) is 24.4 Å². The quantitative estimate of drug-likeness (QED) is 0.894. The van der Waals surface area contributed by atoms with Crippen LogP contribution in [0.3, 0.4) is 0 Å². The first kappa shape index (κ1) is 14.1. The van der Waals surface area contributed by atoms with E-state index >= 15 is 0 Å². The van der Waals surface area contributed by atoms with E-state index in [1.807, 2.05) is 19.1 Å².